The molecule has 2 rings (SSSR count). The maximum atomic E-state index is 11.4. The van der Waals surface area contributed by atoms with E-state index in [1.54, 1.807) is 12.1 Å². The number of carboxylic acid groups (broad SMARTS) is 1. The molecule has 6 nitrogen and oxygen atoms in total. The molecular formula is C13H12N2O4. The number of amides is 1. The zero-order valence-electron chi connectivity index (χ0n) is 10.2. The first kappa shape index (κ1) is 12.8. The predicted octanol–water partition coefficient (Wildman–Crippen LogP) is 1.43. The van der Waals surface area contributed by atoms with Crippen molar-refractivity contribution in [2.45, 2.75) is 13.0 Å². The fourth-order valence-corrected chi connectivity index (χ4v) is 1.43. The van der Waals surface area contributed by atoms with Gasteiger partial charge in [0.1, 0.15) is 11.6 Å². The summed E-state index contributed by atoms with van der Waals surface area (Å²) in [5.74, 6) is -1.32. The van der Waals surface area contributed by atoms with Crippen molar-refractivity contribution in [3.8, 4) is 0 Å². The van der Waals surface area contributed by atoms with Crippen molar-refractivity contribution in [1.82, 2.24) is 10.3 Å². The Bertz CT molecular complexity index is 612. The maximum absolute atomic E-state index is 11.4. The van der Waals surface area contributed by atoms with E-state index in [0.29, 0.717) is 17.0 Å². The average Bonchev–Trinajstić information content (AvgIpc) is 2.78. The van der Waals surface area contributed by atoms with Crippen molar-refractivity contribution >= 4 is 29.1 Å². The van der Waals surface area contributed by atoms with E-state index in [9.17, 15) is 9.59 Å². The SMILES string of the molecule is C[C@@H](NC(=O)/C=C/c1nc2ccccc2o1)C(=O)O. The molecule has 2 aromatic rings. The van der Waals surface area contributed by atoms with Crippen LogP contribution in [0.2, 0.25) is 0 Å². The van der Waals surface area contributed by atoms with Crippen molar-refractivity contribution in [2.75, 3.05) is 0 Å². The highest BCUT2D eigenvalue weighted by atomic mass is 16.4. The number of hydrogen-bond donors (Lipinski definition) is 2. The lowest BCUT2D eigenvalue weighted by Crippen LogP contribution is -2.37. The van der Waals surface area contributed by atoms with E-state index < -0.39 is 17.9 Å². The van der Waals surface area contributed by atoms with Gasteiger partial charge in [-0.05, 0) is 19.1 Å². The van der Waals surface area contributed by atoms with Gasteiger partial charge in [-0.25, -0.2) is 4.98 Å². The van der Waals surface area contributed by atoms with Crippen LogP contribution in [-0.4, -0.2) is 28.0 Å². The number of fused-ring (bicyclic) bond motifs is 1. The number of carboxylic acids is 1. The molecule has 6 heteroatoms. The average molecular weight is 260 g/mol. The van der Waals surface area contributed by atoms with E-state index in [-0.39, 0.29) is 0 Å². The van der Waals surface area contributed by atoms with Crippen LogP contribution < -0.4 is 5.32 Å². The van der Waals surface area contributed by atoms with E-state index in [2.05, 4.69) is 10.3 Å². The van der Waals surface area contributed by atoms with Crippen LogP contribution in [0.15, 0.2) is 34.8 Å². The number of carbonyl (C=O) groups excluding carboxylic acids is 1. The molecule has 0 aliphatic carbocycles. The molecule has 0 unspecified atom stereocenters. The Morgan fingerprint density at radius 3 is 2.84 bits per heavy atom. The molecule has 0 fully saturated rings. The Morgan fingerprint density at radius 2 is 2.16 bits per heavy atom. The minimum atomic E-state index is -1.09. The summed E-state index contributed by atoms with van der Waals surface area (Å²) in [6.45, 7) is 1.38. The van der Waals surface area contributed by atoms with Gasteiger partial charge >= 0.3 is 5.97 Å². The zero-order valence-corrected chi connectivity index (χ0v) is 10.2. The topological polar surface area (TPSA) is 92.4 Å². The fourth-order valence-electron chi connectivity index (χ4n) is 1.43. The molecule has 0 saturated heterocycles. The van der Waals surface area contributed by atoms with Gasteiger partial charge in [0.2, 0.25) is 11.8 Å². The molecular weight excluding hydrogens is 248 g/mol. The number of aliphatic carboxylic acids is 1. The van der Waals surface area contributed by atoms with Gasteiger partial charge in [-0.2, -0.15) is 0 Å². The summed E-state index contributed by atoms with van der Waals surface area (Å²) in [6.07, 6.45) is 2.58. The quantitative estimate of drug-likeness (QED) is 0.811. The Kier molecular flexibility index (Phi) is 3.61. The van der Waals surface area contributed by atoms with Crippen LogP contribution in [0.3, 0.4) is 0 Å². The van der Waals surface area contributed by atoms with Crippen LogP contribution in [0.4, 0.5) is 0 Å². The largest absolute Gasteiger partial charge is 0.480 e. The number of oxazole rings is 1. The molecule has 0 spiro atoms. The lowest BCUT2D eigenvalue weighted by Gasteiger charge is -2.05. The minimum absolute atomic E-state index is 0.291. The first-order chi connectivity index (χ1) is 9.06. The van der Waals surface area contributed by atoms with Crippen molar-refractivity contribution in [3.05, 3.63) is 36.2 Å². The summed E-state index contributed by atoms with van der Waals surface area (Å²) in [5, 5.41) is 10.9. The minimum Gasteiger partial charge on any atom is -0.480 e. The van der Waals surface area contributed by atoms with Crippen LogP contribution in [0.5, 0.6) is 0 Å². The monoisotopic (exact) mass is 260 g/mol. The number of rotatable bonds is 4. The number of aromatic nitrogens is 1. The first-order valence-electron chi connectivity index (χ1n) is 5.63. The lowest BCUT2D eigenvalue weighted by atomic mass is 10.3. The third kappa shape index (κ3) is 3.19. The standard InChI is InChI=1S/C13H12N2O4/c1-8(13(17)18)14-11(16)6-7-12-15-9-4-2-3-5-10(9)19-12/h2-8H,1H3,(H,14,16)(H,17,18)/b7-6+/t8-/m1/s1. The number of nitrogens with one attached hydrogen (secondary N) is 1. The molecule has 0 aliphatic rings. The van der Waals surface area contributed by atoms with Gasteiger partial charge in [0.25, 0.3) is 0 Å². The van der Waals surface area contributed by atoms with Gasteiger partial charge in [-0.3, -0.25) is 9.59 Å². The Balaban J connectivity index is 2.05. The van der Waals surface area contributed by atoms with E-state index in [1.165, 1.54) is 19.1 Å². The van der Waals surface area contributed by atoms with E-state index in [1.807, 2.05) is 12.1 Å². The van der Waals surface area contributed by atoms with Gasteiger partial charge < -0.3 is 14.8 Å². The van der Waals surface area contributed by atoms with Gasteiger partial charge in [0, 0.05) is 12.2 Å². The van der Waals surface area contributed by atoms with E-state index >= 15 is 0 Å². The zero-order chi connectivity index (χ0) is 13.8. The lowest BCUT2D eigenvalue weighted by molar-refractivity contribution is -0.140. The molecule has 0 radical (unpaired) electrons. The number of carbonyl (C=O) groups is 2. The smallest absolute Gasteiger partial charge is 0.325 e. The van der Waals surface area contributed by atoms with Crippen LogP contribution >= 0.6 is 0 Å². The molecule has 1 amide bonds. The molecule has 98 valence electrons. The third-order valence-electron chi connectivity index (χ3n) is 2.42. The molecule has 1 atom stereocenters. The number of para-hydroxylation sites is 2. The first-order valence-corrected chi connectivity index (χ1v) is 5.63. The second-order valence-electron chi connectivity index (χ2n) is 3.92. The number of benzene rings is 1. The van der Waals surface area contributed by atoms with E-state index in [0.717, 1.165) is 0 Å². The number of hydrogen-bond acceptors (Lipinski definition) is 4. The molecule has 0 bridgehead atoms. The van der Waals surface area contributed by atoms with Crippen molar-refractivity contribution in [2.24, 2.45) is 0 Å². The Morgan fingerprint density at radius 1 is 1.42 bits per heavy atom. The highest BCUT2D eigenvalue weighted by molar-refractivity contribution is 5.94. The molecule has 0 saturated carbocycles. The van der Waals surface area contributed by atoms with Gasteiger partial charge in [0.15, 0.2) is 5.58 Å². The summed E-state index contributed by atoms with van der Waals surface area (Å²) in [6, 6.07) is 6.28. The van der Waals surface area contributed by atoms with Gasteiger partial charge in [-0.15, -0.1) is 0 Å². The third-order valence-corrected chi connectivity index (χ3v) is 2.42. The second kappa shape index (κ2) is 5.34. The van der Waals surface area contributed by atoms with Crippen molar-refractivity contribution in [1.29, 1.82) is 0 Å². The van der Waals surface area contributed by atoms with Crippen LogP contribution in [0.1, 0.15) is 12.8 Å². The molecule has 2 N–H and O–H groups in total. The molecule has 1 aromatic carbocycles. The Labute approximate surface area is 108 Å². The molecule has 1 heterocycles. The van der Waals surface area contributed by atoms with Crippen LogP contribution in [0.25, 0.3) is 17.2 Å². The highest BCUT2D eigenvalue weighted by Gasteiger charge is 2.12. The molecule has 0 aliphatic heterocycles. The normalized spacial score (nSPS) is 12.7. The second-order valence-corrected chi connectivity index (χ2v) is 3.92. The van der Waals surface area contributed by atoms with Crippen molar-refractivity contribution in [3.63, 3.8) is 0 Å². The maximum Gasteiger partial charge on any atom is 0.325 e. The summed E-state index contributed by atoms with van der Waals surface area (Å²) < 4.78 is 5.38. The van der Waals surface area contributed by atoms with Crippen LogP contribution in [0, 0.1) is 0 Å². The van der Waals surface area contributed by atoms with E-state index in [4.69, 9.17) is 9.52 Å². The van der Waals surface area contributed by atoms with Crippen LogP contribution in [-0.2, 0) is 9.59 Å². The fraction of sp³-hybridized carbons (Fsp3) is 0.154. The predicted molar refractivity (Wildman–Crippen MR) is 68.3 cm³/mol. The summed E-state index contributed by atoms with van der Waals surface area (Å²) in [4.78, 5) is 26.1. The summed E-state index contributed by atoms with van der Waals surface area (Å²) in [5.41, 5.74) is 1.32. The molecule has 1 aromatic heterocycles. The van der Waals surface area contributed by atoms with Gasteiger partial charge in [0.05, 0.1) is 0 Å². The summed E-state index contributed by atoms with van der Waals surface area (Å²) in [7, 11) is 0. The highest BCUT2D eigenvalue weighted by Crippen LogP contribution is 2.15. The molecule has 19 heavy (non-hydrogen) atoms. The summed E-state index contributed by atoms with van der Waals surface area (Å²) >= 11 is 0. The Hall–Kier alpha value is -2.63. The van der Waals surface area contributed by atoms with Gasteiger partial charge in [-0.1, -0.05) is 12.1 Å². The van der Waals surface area contributed by atoms with Crippen molar-refractivity contribution < 1.29 is 19.1 Å². The number of nitrogens with zero attached hydrogens (tertiary/aromatic N) is 1.